The number of aliphatic carboxylic acids is 1. The second-order valence-electron chi connectivity index (χ2n) is 5.12. The molecule has 1 aliphatic heterocycles. The van der Waals surface area contributed by atoms with Crippen molar-refractivity contribution in [1.82, 2.24) is 5.32 Å². The van der Waals surface area contributed by atoms with Gasteiger partial charge in [0.05, 0.1) is 17.4 Å². The average Bonchev–Trinajstić information content (AvgIpc) is 3.03. The van der Waals surface area contributed by atoms with E-state index in [-0.39, 0.29) is 17.4 Å². The molecule has 2 fully saturated rings. The lowest BCUT2D eigenvalue weighted by Gasteiger charge is -2.27. The predicted molar refractivity (Wildman–Crippen MR) is 63.5 cm³/mol. The Morgan fingerprint density at radius 2 is 1.82 bits per heavy atom. The van der Waals surface area contributed by atoms with Gasteiger partial charge in [0.1, 0.15) is 9.84 Å². The number of carbonyl (C=O) groups is 1. The van der Waals surface area contributed by atoms with Gasteiger partial charge < -0.3 is 10.4 Å². The van der Waals surface area contributed by atoms with Gasteiger partial charge in [-0.1, -0.05) is 0 Å². The quantitative estimate of drug-likeness (QED) is 0.742. The summed E-state index contributed by atoms with van der Waals surface area (Å²) in [5, 5.41) is 12.4. The molecule has 6 heteroatoms. The van der Waals surface area contributed by atoms with Crippen molar-refractivity contribution in [1.29, 1.82) is 0 Å². The molecule has 0 aromatic carbocycles. The fourth-order valence-corrected chi connectivity index (χ4v) is 3.88. The van der Waals surface area contributed by atoms with Crippen molar-refractivity contribution in [2.75, 3.05) is 18.1 Å². The molecule has 17 heavy (non-hydrogen) atoms. The Morgan fingerprint density at radius 1 is 1.24 bits per heavy atom. The SMILES string of the molecule is O=C(O)C(CNC1CC1)C1CCS(=O)(=O)CC1. The summed E-state index contributed by atoms with van der Waals surface area (Å²) in [6, 6.07) is 0.490. The maximum Gasteiger partial charge on any atom is 0.308 e. The van der Waals surface area contributed by atoms with Crippen molar-refractivity contribution in [3.63, 3.8) is 0 Å². The third-order valence-electron chi connectivity index (χ3n) is 3.69. The van der Waals surface area contributed by atoms with Crippen LogP contribution in [0.2, 0.25) is 0 Å². The van der Waals surface area contributed by atoms with Gasteiger partial charge in [-0.15, -0.1) is 0 Å². The molecule has 5 nitrogen and oxygen atoms in total. The standard InChI is InChI=1S/C11H19NO4S/c13-11(14)10(7-12-9-1-2-9)8-3-5-17(15,16)6-4-8/h8-10,12H,1-7H2,(H,13,14). The largest absolute Gasteiger partial charge is 0.481 e. The van der Waals surface area contributed by atoms with Crippen molar-refractivity contribution in [3.05, 3.63) is 0 Å². The summed E-state index contributed by atoms with van der Waals surface area (Å²) in [6.45, 7) is 0.477. The van der Waals surface area contributed by atoms with Gasteiger partial charge in [-0.2, -0.15) is 0 Å². The van der Waals surface area contributed by atoms with E-state index >= 15 is 0 Å². The third kappa shape index (κ3) is 3.67. The van der Waals surface area contributed by atoms with E-state index in [1.165, 1.54) is 0 Å². The van der Waals surface area contributed by atoms with Gasteiger partial charge in [0.15, 0.2) is 0 Å². The molecule has 0 amide bonds. The number of carboxylic acids is 1. The van der Waals surface area contributed by atoms with Crippen LogP contribution in [0.15, 0.2) is 0 Å². The van der Waals surface area contributed by atoms with Gasteiger partial charge in [-0.25, -0.2) is 8.42 Å². The molecule has 0 radical (unpaired) electrons. The second kappa shape index (κ2) is 4.94. The van der Waals surface area contributed by atoms with Gasteiger partial charge in [0.25, 0.3) is 0 Å². The molecule has 98 valence electrons. The first-order chi connectivity index (χ1) is 7.98. The van der Waals surface area contributed by atoms with Crippen LogP contribution >= 0.6 is 0 Å². The molecule has 1 unspecified atom stereocenters. The molecular weight excluding hydrogens is 242 g/mol. The zero-order valence-corrected chi connectivity index (χ0v) is 10.6. The lowest BCUT2D eigenvalue weighted by Crippen LogP contribution is -2.38. The average molecular weight is 261 g/mol. The highest BCUT2D eigenvalue weighted by molar-refractivity contribution is 7.91. The fraction of sp³-hybridized carbons (Fsp3) is 0.909. The summed E-state index contributed by atoms with van der Waals surface area (Å²) in [6.07, 6.45) is 3.24. The first-order valence-electron chi connectivity index (χ1n) is 6.14. The van der Waals surface area contributed by atoms with Crippen molar-refractivity contribution < 1.29 is 18.3 Å². The molecule has 2 aliphatic rings. The van der Waals surface area contributed by atoms with Gasteiger partial charge in [0.2, 0.25) is 0 Å². The Hall–Kier alpha value is -0.620. The van der Waals surface area contributed by atoms with Crippen LogP contribution in [0.25, 0.3) is 0 Å². The second-order valence-corrected chi connectivity index (χ2v) is 7.42. The van der Waals surface area contributed by atoms with Crippen LogP contribution in [0.4, 0.5) is 0 Å². The Bertz CT molecular complexity index is 374. The molecule has 0 aromatic rings. The van der Waals surface area contributed by atoms with Gasteiger partial charge in [-0.05, 0) is 31.6 Å². The minimum Gasteiger partial charge on any atom is -0.481 e. The molecule has 1 heterocycles. The van der Waals surface area contributed by atoms with Crippen LogP contribution in [0.1, 0.15) is 25.7 Å². The van der Waals surface area contributed by atoms with Crippen LogP contribution in [0, 0.1) is 11.8 Å². The van der Waals surface area contributed by atoms with Crippen molar-refractivity contribution >= 4 is 15.8 Å². The van der Waals surface area contributed by atoms with Crippen molar-refractivity contribution in [3.8, 4) is 0 Å². The van der Waals surface area contributed by atoms with Crippen molar-refractivity contribution in [2.45, 2.75) is 31.7 Å². The molecule has 0 bridgehead atoms. The Morgan fingerprint density at radius 3 is 2.29 bits per heavy atom. The number of sulfone groups is 1. The molecule has 1 aliphatic carbocycles. The summed E-state index contributed by atoms with van der Waals surface area (Å²) in [5.74, 6) is -0.953. The summed E-state index contributed by atoms with van der Waals surface area (Å²) in [5.41, 5.74) is 0. The minimum atomic E-state index is -2.91. The van der Waals surface area contributed by atoms with E-state index in [1.807, 2.05) is 0 Å². The van der Waals surface area contributed by atoms with Crippen LogP contribution < -0.4 is 5.32 Å². The van der Waals surface area contributed by atoms with Crippen LogP contribution in [0.5, 0.6) is 0 Å². The molecule has 2 N–H and O–H groups in total. The molecule has 2 rings (SSSR count). The lowest BCUT2D eigenvalue weighted by molar-refractivity contribution is -0.143. The summed E-state index contributed by atoms with van der Waals surface area (Å²) in [7, 11) is -2.91. The Balaban J connectivity index is 1.89. The number of hydrogen-bond acceptors (Lipinski definition) is 4. The number of rotatable bonds is 5. The maximum atomic E-state index is 11.3. The van der Waals surface area contributed by atoms with Crippen LogP contribution in [0.3, 0.4) is 0 Å². The summed E-state index contributed by atoms with van der Waals surface area (Å²) >= 11 is 0. The summed E-state index contributed by atoms with van der Waals surface area (Å²) in [4.78, 5) is 11.2. The van der Waals surface area contributed by atoms with Gasteiger partial charge in [-0.3, -0.25) is 4.79 Å². The smallest absolute Gasteiger partial charge is 0.308 e. The number of hydrogen-bond donors (Lipinski definition) is 2. The zero-order valence-electron chi connectivity index (χ0n) is 9.76. The highest BCUT2D eigenvalue weighted by Gasteiger charge is 2.34. The lowest BCUT2D eigenvalue weighted by atomic mass is 9.87. The predicted octanol–water partition coefficient (Wildman–Crippen LogP) is 0.264. The Labute approximate surface area is 102 Å². The van der Waals surface area contributed by atoms with Crippen molar-refractivity contribution in [2.24, 2.45) is 11.8 Å². The summed E-state index contributed by atoms with van der Waals surface area (Å²) < 4.78 is 22.6. The van der Waals surface area contributed by atoms with Gasteiger partial charge in [0, 0.05) is 12.6 Å². The fourth-order valence-electron chi connectivity index (χ4n) is 2.35. The molecular formula is C11H19NO4S. The van der Waals surface area contributed by atoms with Crippen LogP contribution in [-0.2, 0) is 14.6 Å². The normalized spacial score (nSPS) is 26.6. The van der Waals surface area contributed by atoms with Crippen LogP contribution in [-0.4, -0.2) is 43.6 Å². The Kier molecular flexibility index (Phi) is 3.73. The molecule has 0 aromatic heterocycles. The molecule has 1 saturated heterocycles. The highest BCUT2D eigenvalue weighted by atomic mass is 32.2. The van der Waals surface area contributed by atoms with E-state index in [9.17, 15) is 18.3 Å². The number of nitrogens with one attached hydrogen (secondary N) is 1. The first kappa shape index (κ1) is 12.8. The minimum absolute atomic E-state index is 0.00211. The van der Waals surface area contributed by atoms with E-state index < -0.39 is 21.7 Å². The van der Waals surface area contributed by atoms with E-state index in [0.29, 0.717) is 25.4 Å². The molecule has 1 atom stereocenters. The monoisotopic (exact) mass is 261 g/mol. The maximum absolute atomic E-state index is 11.3. The molecule has 0 spiro atoms. The van der Waals surface area contributed by atoms with E-state index in [1.54, 1.807) is 0 Å². The van der Waals surface area contributed by atoms with E-state index in [2.05, 4.69) is 5.32 Å². The third-order valence-corrected chi connectivity index (χ3v) is 5.40. The van der Waals surface area contributed by atoms with E-state index in [0.717, 1.165) is 12.8 Å². The van der Waals surface area contributed by atoms with E-state index in [4.69, 9.17) is 0 Å². The topological polar surface area (TPSA) is 83.5 Å². The highest BCUT2D eigenvalue weighted by Crippen LogP contribution is 2.27. The number of carboxylic acid groups (broad SMARTS) is 1. The molecule has 1 saturated carbocycles. The zero-order chi connectivity index (χ0) is 12.5. The van der Waals surface area contributed by atoms with Gasteiger partial charge >= 0.3 is 5.97 Å². The first-order valence-corrected chi connectivity index (χ1v) is 7.97.